The second-order valence-corrected chi connectivity index (χ2v) is 4.99. The highest BCUT2D eigenvalue weighted by atomic mass is 16.2. The van der Waals surface area contributed by atoms with Crippen LogP contribution in [0, 0.1) is 0 Å². The summed E-state index contributed by atoms with van der Waals surface area (Å²) in [6.07, 6.45) is 3.75. The monoisotopic (exact) mass is 285 g/mol. The van der Waals surface area contributed by atoms with Gasteiger partial charge >= 0.3 is 0 Å². The van der Waals surface area contributed by atoms with Gasteiger partial charge in [-0.3, -0.25) is 9.59 Å². The summed E-state index contributed by atoms with van der Waals surface area (Å²) in [5, 5.41) is 6.00. The van der Waals surface area contributed by atoms with Crippen LogP contribution in [-0.2, 0) is 9.59 Å². The Bertz CT molecular complexity index is 278. The van der Waals surface area contributed by atoms with Crippen LogP contribution in [0.2, 0.25) is 0 Å². The molecule has 2 amide bonds. The van der Waals surface area contributed by atoms with Gasteiger partial charge in [0.15, 0.2) is 0 Å². The SMILES string of the molecule is CCCCCNC(=O)C(C)NCCC(=O)N(CC)CC. The third-order valence-electron chi connectivity index (χ3n) is 3.38. The number of amides is 2. The molecule has 2 N–H and O–H groups in total. The number of carbonyl (C=O) groups excluding carboxylic acids is 2. The summed E-state index contributed by atoms with van der Waals surface area (Å²) in [5.41, 5.74) is 0. The van der Waals surface area contributed by atoms with E-state index in [0.717, 1.165) is 38.9 Å². The predicted octanol–water partition coefficient (Wildman–Crippen LogP) is 1.53. The topological polar surface area (TPSA) is 61.4 Å². The highest BCUT2D eigenvalue weighted by molar-refractivity contribution is 5.81. The van der Waals surface area contributed by atoms with Crippen molar-refractivity contribution in [1.29, 1.82) is 0 Å². The zero-order valence-corrected chi connectivity index (χ0v) is 13.5. The molecule has 5 nitrogen and oxygen atoms in total. The van der Waals surface area contributed by atoms with Crippen molar-refractivity contribution in [1.82, 2.24) is 15.5 Å². The van der Waals surface area contributed by atoms with Crippen molar-refractivity contribution in [2.24, 2.45) is 0 Å². The lowest BCUT2D eigenvalue weighted by atomic mass is 10.2. The Morgan fingerprint density at radius 1 is 1.05 bits per heavy atom. The molecule has 0 bridgehead atoms. The van der Waals surface area contributed by atoms with Crippen LogP contribution in [0.1, 0.15) is 53.4 Å². The first-order valence-corrected chi connectivity index (χ1v) is 7.85. The van der Waals surface area contributed by atoms with Gasteiger partial charge in [-0.15, -0.1) is 0 Å². The van der Waals surface area contributed by atoms with Gasteiger partial charge in [0.2, 0.25) is 11.8 Å². The maximum Gasteiger partial charge on any atom is 0.236 e. The number of hydrogen-bond donors (Lipinski definition) is 2. The van der Waals surface area contributed by atoms with Crippen LogP contribution in [0.25, 0.3) is 0 Å². The summed E-state index contributed by atoms with van der Waals surface area (Å²) in [5.74, 6) is 0.148. The van der Waals surface area contributed by atoms with E-state index in [0.29, 0.717) is 13.0 Å². The minimum Gasteiger partial charge on any atom is -0.355 e. The lowest BCUT2D eigenvalue weighted by molar-refractivity contribution is -0.131. The molecule has 0 heterocycles. The highest BCUT2D eigenvalue weighted by Crippen LogP contribution is 1.94. The molecular weight excluding hydrogens is 254 g/mol. The Hall–Kier alpha value is -1.10. The largest absolute Gasteiger partial charge is 0.355 e. The first-order valence-electron chi connectivity index (χ1n) is 7.85. The van der Waals surface area contributed by atoms with Crippen molar-refractivity contribution in [2.75, 3.05) is 26.2 Å². The van der Waals surface area contributed by atoms with Crippen molar-refractivity contribution in [3.63, 3.8) is 0 Å². The van der Waals surface area contributed by atoms with E-state index < -0.39 is 0 Å². The molecule has 0 saturated carbocycles. The summed E-state index contributed by atoms with van der Waals surface area (Å²) in [6.45, 7) is 10.7. The molecule has 118 valence electrons. The van der Waals surface area contributed by atoms with Gasteiger partial charge in [0.1, 0.15) is 0 Å². The molecule has 0 aromatic carbocycles. The van der Waals surface area contributed by atoms with Crippen LogP contribution in [0.15, 0.2) is 0 Å². The van der Waals surface area contributed by atoms with Crippen LogP contribution >= 0.6 is 0 Å². The van der Waals surface area contributed by atoms with E-state index in [-0.39, 0.29) is 17.9 Å². The van der Waals surface area contributed by atoms with E-state index in [4.69, 9.17) is 0 Å². The molecular formula is C15H31N3O2. The Morgan fingerprint density at radius 2 is 1.70 bits per heavy atom. The second kappa shape index (κ2) is 11.7. The minimum absolute atomic E-state index is 0.0105. The predicted molar refractivity (Wildman–Crippen MR) is 82.5 cm³/mol. The number of rotatable bonds is 11. The van der Waals surface area contributed by atoms with Crippen molar-refractivity contribution in [2.45, 2.75) is 59.4 Å². The molecule has 1 unspecified atom stereocenters. The van der Waals surface area contributed by atoms with Crippen molar-refractivity contribution in [3.05, 3.63) is 0 Å². The van der Waals surface area contributed by atoms with E-state index in [9.17, 15) is 9.59 Å². The van der Waals surface area contributed by atoms with Crippen LogP contribution in [0.3, 0.4) is 0 Å². The van der Waals surface area contributed by atoms with Gasteiger partial charge in [0.05, 0.1) is 6.04 Å². The lowest BCUT2D eigenvalue weighted by Crippen LogP contribution is -2.43. The van der Waals surface area contributed by atoms with E-state index in [1.165, 1.54) is 0 Å². The molecule has 0 spiro atoms. The summed E-state index contributed by atoms with van der Waals surface area (Å²) < 4.78 is 0. The smallest absolute Gasteiger partial charge is 0.236 e. The summed E-state index contributed by atoms with van der Waals surface area (Å²) in [7, 11) is 0. The molecule has 0 aliphatic heterocycles. The van der Waals surface area contributed by atoms with Gasteiger partial charge in [-0.25, -0.2) is 0 Å². The Balaban J connectivity index is 3.78. The molecule has 20 heavy (non-hydrogen) atoms. The summed E-state index contributed by atoms with van der Waals surface area (Å²) in [6, 6.07) is -0.249. The van der Waals surface area contributed by atoms with E-state index in [1.807, 2.05) is 20.8 Å². The zero-order chi connectivity index (χ0) is 15.4. The number of nitrogens with one attached hydrogen (secondary N) is 2. The molecule has 0 fully saturated rings. The molecule has 0 aromatic heterocycles. The molecule has 1 atom stereocenters. The molecule has 0 aliphatic rings. The van der Waals surface area contributed by atoms with E-state index in [1.54, 1.807) is 4.90 Å². The molecule has 0 aliphatic carbocycles. The number of hydrogen-bond acceptors (Lipinski definition) is 3. The third-order valence-corrected chi connectivity index (χ3v) is 3.38. The van der Waals surface area contributed by atoms with Gasteiger partial charge in [0.25, 0.3) is 0 Å². The van der Waals surface area contributed by atoms with Gasteiger partial charge in [-0.1, -0.05) is 19.8 Å². The highest BCUT2D eigenvalue weighted by Gasteiger charge is 2.13. The molecule has 5 heteroatoms. The van der Waals surface area contributed by atoms with Crippen molar-refractivity contribution >= 4 is 11.8 Å². The van der Waals surface area contributed by atoms with Crippen molar-refractivity contribution in [3.8, 4) is 0 Å². The van der Waals surface area contributed by atoms with Crippen molar-refractivity contribution < 1.29 is 9.59 Å². The zero-order valence-electron chi connectivity index (χ0n) is 13.5. The molecule has 0 saturated heterocycles. The first kappa shape index (κ1) is 18.9. The maximum atomic E-state index is 11.8. The number of carbonyl (C=O) groups is 2. The van der Waals surface area contributed by atoms with Crippen LogP contribution < -0.4 is 10.6 Å². The Kier molecular flexibility index (Phi) is 11.1. The lowest BCUT2D eigenvalue weighted by Gasteiger charge is -2.19. The number of unbranched alkanes of at least 4 members (excludes halogenated alkanes) is 2. The molecule has 0 radical (unpaired) electrons. The standard InChI is InChI=1S/C15H31N3O2/c1-5-8-9-11-17-15(20)13(4)16-12-10-14(19)18(6-2)7-3/h13,16H,5-12H2,1-4H3,(H,17,20). The van der Waals surface area contributed by atoms with Gasteiger partial charge < -0.3 is 15.5 Å². The number of nitrogens with zero attached hydrogens (tertiary/aromatic N) is 1. The first-order chi connectivity index (χ1) is 9.56. The molecule has 0 rings (SSSR count). The average molecular weight is 285 g/mol. The van der Waals surface area contributed by atoms with Crippen LogP contribution in [-0.4, -0.2) is 48.9 Å². The molecule has 0 aromatic rings. The fourth-order valence-corrected chi connectivity index (χ4v) is 1.96. The van der Waals surface area contributed by atoms with E-state index >= 15 is 0 Å². The normalized spacial score (nSPS) is 12.0. The summed E-state index contributed by atoms with van der Waals surface area (Å²) >= 11 is 0. The second-order valence-electron chi connectivity index (χ2n) is 4.99. The quantitative estimate of drug-likeness (QED) is 0.566. The maximum absolute atomic E-state index is 11.8. The summed E-state index contributed by atoms with van der Waals surface area (Å²) in [4.78, 5) is 25.3. The third kappa shape index (κ3) is 8.15. The Labute approximate surface area is 123 Å². The fourth-order valence-electron chi connectivity index (χ4n) is 1.96. The van der Waals surface area contributed by atoms with Crippen LogP contribution in [0.4, 0.5) is 0 Å². The van der Waals surface area contributed by atoms with Gasteiger partial charge in [-0.2, -0.15) is 0 Å². The van der Waals surface area contributed by atoms with E-state index in [2.05, 4.69) is 17.6 Å². The van der Waals surface area contributed by atoms with Gasteiger partial charge in [-0.05, 0) is 27.2 Å². The van der Waals surface area contributed by atoms with Gasteiger partial charge in [0, 0.05) is 32.6 Å². The fraction of sp³-hybridized carbons (Fsp3) is 0.867. The average Bonchev–Trinajstić information content (AvgIpc) is 2.44. The van der Waals surface area contributed by atoms with Crippen LogP contribution in [0.5, 0.6) is 0 Å². The Morgan fingerprint density at radius 3 is 2.25 bits per heavy atom. The minimum atomic E-state index is -0.249.